The maximum Gasteiger partial charge on any atom is 0.329 e. The molecule has 1 N–H and O–H groups in total. The van der Waals surface area contributed by atoms with Gasteiger partial charge in [0, 0.05) is 25.2 Å². The molecular formula is C12H20N2O4. The first-order chi connectivity index (χ1) is 8.58. The van der Waals surface area contributed by atoms with Crippen molar-refractivity contribution in [3.05, 3.63) is 0 Å². The molecule has 2 atom stereocenters. The van der Waals surface area contributed by atoms with Crippen LogP contribution >= 0.6 is 0 Å². The van der Waals surface area contributed by atoms with Gasteiger partial charge < -0.3 is 14.7 Å². The van der Waals surface area contributed by atoms with E-state index in [-0.39, 0.29) is 18.6 Å². The Hall–Kier alpha value is -1.14. The third-order valence-electron chi connectivity index (χ3n) is 3.71. The van der Waals surface area contributed by atoms with Crippen molar-refractivity contribution in [3.63, 3.8) is 0 Å². The van der Waals surface area contributed by atoms with Gasteiger partial charge >= 0.3 is 5.97 Å². The van der Waals surface area contributed by atoms with E-state index in [2.05, 4.69) is 4.90 Å². The Balaban J connectivity index is 1.83. The largest absolute Gasteiger partial charge is 0.480 e. The fourth-order valence-electron chi connectivity index (χ4n) is 2.84. The molecule has 6 heteroatoms. The maximum atomic E-state index is 12.0. The highest BCUT2D eigenvalue weighted by molar-refractivity contribution is 5.78. The van der Waals surface area contributed by atoms with Crippen molar-refractivity contribution in [3.8, 4) is 0 Å². The Morgan fingerprint density at radius 2 is 2.11 bits per heavy atom. The molecule has 0 aromatic carbocycles. The number of ether oxygens (including phenoxy) is 1. The minimum absolute atomic E-state index is 0.102. The van der Waals surface area contributed by atoms with Crippen LogP contribution in [0.5, 0.6) is 0 Å². The van der Waals surface area contributed by atoms with E-state index < -0.39 is 12.6 Å². The normalized spacial score (nSPS) is 28.2. The van der Waals surface area contributed by atoms with E-state index in [0.29, 0.717) is 6.04 Å². The number of carbonyl (C=O) groups excluding carboxylic acids is 1. The molecule has 2 rings (SSSR count). The molecule has 0 aromatic heterocycles. The molecule has 1 amide bonds. The van der Waals surface area contributed by atoms with Gasteiger partial charge in [-0.1, -0.05) is 0 Å². The van der Waals surface area contributed by atoms with Crippen molar-refractivity contribution in [2.24, 2.45) is 0 Å². The first-order valence-electron chi connectivity index (χ1n) is 6.41. The molecule has 2 aliphatic heterocycles. The molecule has 0 bridgehead atoms. The highest BCUT2D eigenvalue weighted by atomic mass is 16.5. The smallest absolute Gasteiger partial charge is 0.329 e. The highest BCUT2D eigenvalue weighted by Crippen LogP contribution is 2.24. The van der Waals surface area contributed by atoms with E-state index in [4.69, 9.17) is 9.84 Å². The van der Waals surface area contributed by atoms with E-state index in [1.165, 1.54) is 6.42 Å². The predicted octanol–water partition coefficient (Wildman–Crippen LogP) is -0.217. The summed E-state index contributed by atoms with van der Waals surface area (Å²) in [6.45, 7) is 4.27. The summed E-state index contributed by atoms with van der Waals surface area (Å²) in [6.07, 6.45) is 2.35. The number of fused-ring (bicyclic) bond motifs is 1. The van der Waals surface area contributed by atoms with Crippen molar-refractivity contribution < 1.29 is 19.4 Å². The van der Waals surface area contributed by atoms with Crippen LogP contribution in [0.3, 0.4) is 0 Å². The maximum absolute atomic E-state index is 12.0. The predicted molar refractivity (Wildman–Crippen MR) is 64.2 cm³/mol. The van der Waals surface area contributed by atoms with Crippen molar-refractivity contribution in [1.29, 1.82) is 0 Å². The second kappa shape index (κ2) is 5.67. The van der Waals surface area contributed by atoms with Crippen LogP contribution in [0.4, 0.5) is 0 Å². The van der Waals surface area contributed by atoms with E-state index in [1.54, 1.807) is 0 Å². The second-order valence-corrected chi connectivity index (χ2v) is 5.07. The zero-order valence-corrected chi connectivity index (χ0v) is 10.7. The summed E-state index contributed by atoms with van der Waals surface area (Å²) in [5.74, 6) is -1.15. The van der Waals surface area contributed by atoms with Crippen LogP contribution < -0.4 is 0 Å². The Labute approximate surface area is 106 Å². The van der Waals surface area contributed by atoms with E-state index in [1.807, 2.05) is 11.8 Å². The van der Waals surface area contributed by atoms with Crippen LogP contribution in [0.15, 0.2) is 0 Å². The van der Waals surface area contributed by atoms with Gasteiger partial charge in [0.05, 0.1) is 0 Å². The van der Waals surface area contributed by atoms with Gasteiger partial charge in [-0.2, -0.15) is 0 Å². The molecule has 102 valence electrons. The SMILES string of the molecule is CC1CN2CCCC2CN1C(=O)COCC(=O)O. The molecule has 0 radical (unpaired) electrons. The number of hydrogen-bond donors (Lipinski definition) is 1. The van der Waals surface area contributed by atoms with Gasteiger partial charge in [0.1, 0.15) is 13.2 Å². The van der Waals surface area contributed by atoms with Crippen LogP contribution in [0.25, 0.3) is 0 Å². The Kier molecular flexibility index (Phi) is 4.19. The zero-order chi connectivity index (χ0) is 13.1. The lowest BCUT2D eigenvalue weighted by atomic mass is 10.1. The molecule has 18 heavy (non-hydrogen) atoms. The Bertz CT molecular complexity index is 334. The number of hydrogen-bond acceptors (Lipinski definition) is 4. The van der Waals surface area contributed by atoms with E-state index in [9.17, 15) is 9.59 Å². The van der Waals surface area contributed by atoms with Crippen LogP contribution in [0.2, 0.25) is 0 Å². The van der Waals surface area contributed by atoms with Gasteiger partial charge in [-0.05, 0) is 26.3 Å². The Morgan fingerprint density at radius 3 is 2.83 bits per heavy atom. The molecular weight excluding hydrogens is 236 g/mol. The summed E-state index contributed by atoms with van der Waals surface area (Å²) in [6, 6.07) is 0.657. The van der Waals surface area contributed by atoms with Crippen LogP contribution in [0, 0.1) is 0 Å². The second-order valence-electron chi connectivity index (χ2n) is 5.07. The van der Waals surface area contributed by atoms with E-state index >= 15 is 0 Å². The molecule has 2 saturated heterocycles. The standard InChI is InChI=1S/C12H20N2O4/c1-9-5-13-4-2-3-10(13)6-14(9)11(15)7-18-8-12(16)17/h9-10H,2-8H2,1H3,(H,16,17). The molecule has 0 spiro atoms. The first kappa shape index (κ1) is 13.3. The number of carboxylic acids is 1. The Morgan fingerprint density at radius 1 is 1.33 bits per heavy atom. The fraction of sp³-hybridized carbons (Fsp3) is 0.833. The number of nitrogens with zero attached hydrogens (tertiary/aromatic N) is 2. The fourth-order valence-corrected chi connectivity index (χ4v) is 2.84. The average molecular weight is 256 g/mol. The third kappa shape index (κ3) is 3.00. The van der Waals surface area contributed by atoms with Crippen LogP contribution in [-0.2, 0) is 14.3 Å². The highest BCUT2D eigenvalue weighted by Gasteiger charge is 2.36. The summed E-state index contributed by atoms with van der Waals surface area (Å²) in [5.41, 5.74) is 0. The van der Waals surface area contributed by atoms with Crippen molar-refractivity contribution >= 4 is 11.9 Å². The van der Waals surface area contributed by atoms with Crippen molar-refractivity contribution in [2.75, 3.05) is 32.8 Å². The third-order valence-corrected chi connectivity index (χ3v) is 3.71. The molecule has 0 aromatic rings. The molecule has 2 fully saturated rings. The lowest BCUT2D eigenvalue weighted by Gasteiger charge is -2.42. The summed E-state index contributed by atoms with van der Waals surface area (Å²) < 4.78 is 4.87. The number of piperazine rings is 1. The van der Waals surface area contributed by atoms with Crippen molar-refractivity contribution in [2.45, 2.75) is 31.8 Å². The number of carbonyl (C=O) groups is 2. The monoisotopic (exact) mass is 256 g/mol. The summed E-state index contributed by atoms with van der Waals surface area (Å²) in [7, 11) is 0. The lowest BCUT2D eigenvalue weighted by Crippen LogP contribution is -2.57. The number of amides is 1. The molecule has 2 unspecified atom stereocenters. The summed E-state index contributed by atoms with van der Waals surface area (Å²) in [5, 5.41) is 8.46. The molecule has 2 aliphatic rings. The minimum Gasteiger partial charge on any atom is -0.480 e. The van der Waals surface area contributed by atoms with Crippen LogP contribution in [-0.4, -0.2) is 71.7 Å². The topological polar surface area (TPSA) is 70.1 Å². The number of aliphatic carboxylic acids is 1. The quantitative estimate of drug-likeness (QED) is 0.753. The first-order valence-corrected chi connectivity index (χ1v) is 6.41. The zero-order valence-electron chi connectivity index (χ0n) is 10.7. The number of carboxylic acid groups (broad SMARTS) is 1. The minimum atomic E-state index is -1.04. The van der Waals surface area contributed by atoms with Gasteiger partial charge in [-0.15, -0.1) is 0 Å². The van der Waals surface area contributed by atoms with Gasteiger partial charge in [-0.25, -0.2) is 4.79 Å². The van der Waals surface area contributed by atoms with Gasteiger partial charge in [0.2, 0.25) is 5.91 Å². The van der Waals surface area contributed by atoms with Gasteiger partial charge in [0.25, 0.3) is 0 Å². The van der Waals surface area contributed by atoms with Gasteiger partial charge in [-0.3, -0.25) is 9.69 Å². The van der Waals surface area contributed by atoms with E-state index in [0.717, 1.165) is 26.1 Å². The summed E-state index contributed by atoms with van der Waals surface area (Å²) in [4.78, 5) is 26.5. The van der Waals surface area contributed by atoms with Crippen LogP contribution in [0.1, 0.15) is 19.8 Å². The average Bonchev–Trinajstić information content (AvgIpc) is 2.74. The van der Waals surface area contributed by atoms with Crippen molar-refractivity contribution in [1.82, 2.24) is 9.80 Å². The molecule has 0 saturated carbocycles. The summed E-state index contributed by atoms with van der Waals surface area (Å²) >= 11 is 0. The molecule has 2 heterocycles. The molecule has 6 nitrogen and oxygen atoms in total. The van der Waals surface area contributed by atoms with Gasteiger partial charge in [0.15, 0.2) is 0 Å². The molecule has 0 aliphatic carbocycles. The number of rotatable bonds is 4. The lowest BCUT2D eigenvalue weighted by molar-refractivity contribution is -0.148.